The fraction of sp³-hybridized carbons (Fsp3) is 0.500. The fourth-order valence-corrected chi connectivity index (χ4v) is 1.44. The molecule has 1 amide bonds. The van der Waals surface area contributed by atoms with Crippen LogP contribution in [0.5, 0.6) is 5.75 Å². The third-order valence-electron chi connectivity index (χ3n) is 2.76. The second kappa shape index (κ2) is 6.99. The highest BCUT2D eigenvalue weighted by atomic mass is 19.1. The number of rotatable bonds is 6. The third-order valence-corrected chi connectivity index (χ3v) is 2.76. The summed E-state index contributed by atoms with van der Waals surface area (Å²) in [4.78, 5) is 11.9. The van der Waals surface area contributed by atoms with Gasteiger partial charge < -0.3 is 10.1 Å². The first-order valence-electron chi connectivity index (χ1n) is 6.29. The molecule has 0 radical (unpaired) electrons. The summed E-state index contributed by atoms with van der Waals surface area (Å²) in [6, 6.07) is 5.80. The maximum atomic E-state index is 12.7. The van der Waals surface area contributed by atoms with Gasteiger partial charge in [-0.1, -0.05) is 13.8 Å². The van der Waals surface area contributed by atoms with Gasteiger partial charge in [-0.05, 0) is 44.0 Å². The Morgan fingerprint density at radius 3 is 2.39 bits per heavy atom. The van der Waals surface area contributed by atoms with Gasteiger partial charge in [0.25, 0.3) is 5.91 Å². The van der Waals surface area contributed by atoms with E-state index in [0.717, 1.165) is 6.42 Å². The molecule has 1 aromatic carbocycles. The molecule has 4 heteroatoms. The molecule has 0 aliphatic heterocycles. The van der Waals surface area contributed by atoms with Crippen LogP contribution in [0.25, 0.3) is 0 Å². The number of amides is 1. The molecule has 0 aliphatic carbocycles. The number of benzene rings is 1. The van der Waals surface area contributed by atoms with E-state index in [4.69, 9.17) is 4.74 Å². The van der Waals surface area contributed by atoms with Crippen LogP contribution in [0.3, 0.4) is 0 Å². The van der Waals surface area contributed by atoms with Crippen LogP contribution >= 0.6 is 0 Å². The molecule has 0 saturated heterocycles. The zero-order chi connectivity index (χ0) is 13.5. The topological polar surface area (TPSA) is 38.3 Å². The molecule has 0 aromatic heterocycles. The number of hydrogen-bond acceptors (Lipinski definition) is 2. The lowest BCUT2D eigenvalue weighted by molar-refractivity contribution is -0.128. The smallest absolute Gasteiger partial charge is 0.261 e. The van der Waals surface area contributed by atoms with E-state index < -0.39 is 6.10 Å². The molecule has 1 aromatic rings. The molecular weight excluding hydrogens is 233 g/mol. The van der Waals surface area contributed by atoms with E-state index in [9.17, 15) is 9.18 Å². The van der Waals surface area contributed by atoms with Crippen LogP contribution in [0.4, 0.5) is 4.39 Å². The van der Waals surface area contributed by atoms with Crippen molar-refractivity contribution in [3.8, 4) is 5.75 Å². The summed E-state index contributed by atoms with van der Waals surface area (Å²) in [5.74, 6) is 0.0539. The van der Waals surface area contributed by atoms with Crippen LogP contribution in [0.2, 0.25) is 0 Å². The third kappa shape index (κ3) is 4.35. The van der Waals surface area contributed by atoms with Gasteiger partial charge in [-0.2, -0.15) is 0 Å². The lowest BCUT2D eigenvalue weighted by Gasteiger charge is -2.19. The minimum absolute atomic E-state index is 0.128. The van der Waals surface area contributed by atoms with Gasteiger partial charge in [0.1, 0.15) is 11.6 Å². The molecule has 0 aliphatic rings. The average molecular weight is 253 g/mol. The van der Waals surface area contributed by atoms with Crippen LogP contribution in [-0.4, -0.2) is 18.1 Å². The lowest BCUT2D eigenvalue weighted by Crippen LogP contribution is -2.42. The van der Waals surface area contributed by atoms with E-state index in [1.54, 1.807) is 0 Å². The molecular formula is C14H20FNO2. The summed E-state index contributed by atoms with van der Waals surface area (Å²) in [7, 11) is 0. The summed E-state index contributed by atoms with van der Waals surface area (Å²) in [5.41, 5.74) is 0. The van der Waals surface area contributed by atoms with Gasteiger partial charge in [0.2, 0.25) is 0 Å². The highest BCUT2D eigenvalue weighted by Gasteiger charge is 2.19. The maximum Gasteiger partial charge on any atom is 0.261 e. The van der Waals surface area contributed by atoms with Crippen LogP contribution in [0.1, 0.15) is 33.6 Å². The Labute approximate surface area is 107 Å². The van der Waals surface area contributed by atoms with Crippen molar-refractivity contribution in [2.75, 3.05) is 0 Å². The molecule has 1 rings (SSSR count). The van der Waals surface area contributed by atoms with Crippen molar-refractivity contribution < 1.29 is 13.9 Å². The van der Waals surface area contributed by atoms with Crippen molar-refractivity contribution in [2.24, 2.45) is 0 Å². The minimum atomic E-state index is -0.538. The van der Waals surface area contributed by atoms with Gasteiger partial charge in [-0.15, -0.1) is 0 Å². The Bertz CT molecular complexity index is 378. The van der Waals surface area contributed by atoms with E-state index in [-0.39, 0.29) is 17.8 Å². The van der Waals surface area contributed by atoms with Crippen molar-refractivity contribution >= 4 is 5.91 Å². The molecule has 1 N–H and O–H groups in total. The van der Waals surface area contributed by atoms with Gasteiger partial charge in [-0.25, -0.2) is 4.39 Å². The summed E-state index contributed by atoms with van der Waals surface area (Å²) < 4.78 is 18.3. The number of carbonyl (C=O) groups excluding carboxylic acids is 1. The fourth-order valence-electron chi connectivity index (χ4n) is 1.44. The molecule has 100 valence electrons. The highest BCUT2D eigenvalue weighted by Crippen LogP contribution is 2.14. The zero-order valence-electron chi connectivity index (χ0n) is 11.1. The van der Waals surface area contributed by atoms with Crippen molar-refractivity contribution in [1.29, 1.82) is 0 Å². The molecule has 0 heterocycles. The van der Waals surface area contributed by atoms with Crippen molar-refractivity contribution in [3.05, 3.63) is 30.1 Å². The van der Waals surface area contributed by atoms with Gasteiger partial charge in [0.05, 0.1) is 0 Å². The Kier molecular flexibility index (Phi) is 5.62. The first-order valence-corrected chi connectivity index (χ1v) is 6.29. The second-order valence-electron chi connectivity index (χ2n) is 4.29. The summed E-state index contributed by atoms with van der Waals surface area (Å²) in [6.45, 7) is 5.83. The number of halogens is 1. The molecule has 0 saturated carbocycles. The Morgan fingerprint density at radius 1 is 1.28 bits per heavy atom. The Hall–Kier alpha value is -1.58. The first-order chi connectivity index (χ1) is 8.56. The Balaban J connectivity index is 2.61. The zero-order valence-corrected chi connectivity index (χ0v) is 11.1. The normalized spacial score (nSPS) is 13.8. The van der Waals surface area contributed by atoms with E-state index in [1.807, 2.05) is 20.8 Å². The van der Waals surface area contributed by atoms with Crippen molar-refractivity contribution in [2.45, 2.75) is 45.8 Å². The van der Waals surface area contributed by atoms with Gasteiger partial charge >= 0.3 is 0 Å². The molecule has 18 heavy (non-hydrogen) atoms. The molecule has 0 spiro atoms. The highest BCUT2D eigenvalue weighted by molar-refractivity contribution is 5.81. The average Bonchev–Trinajstić information content (AvgIpc) is 2.37. The van der Waals surface area contributed by atoms with Crippen molar-refractivity contribution in [3.63, 3.8) is 0 Å². The first kappa shape index (κ1) is 14.5. The predicted octanol–water partition coefficient (Wildman–Crippen LogP) is 2.90. The van der Waals surface area contributed by atoms with E-state index >= 15 is 0 Å². The Morgan fingerprint density at radius 2 is 1.89 bits per heavy atom. The molecule has 0 fully saturated rings. The van der Waals surface area contributed by atoms with E-state index in [1.165, 1.54) is 24.3 Å². The predicted molar refractivity (Wildman–Crippen MR) is 69.0 cm³/mol. The molecule has 2 unspecified atom stereocenters. The van der Waals surface area contributed by atoms with Gasteiger partial charge in [0, 0.05) is 6.04 Å². The largest absolute Gasteiger partial charge is 0.481 e. The monoisotopic (exact) mass is 253 g/mol. The quantitative estimate of drug-likeness (QED) is 0.846. The lowest BCUT2D eigenvalue weighted by atomic mass is 10.2. The molecule has 3 nitrogen and oxygen atoms in total. The van der Waals surface area contributed by atoms with E-state index in [2.05, 4.69) is 5.32 Å². The SMILES string of the molecule is CCC(C)NC(=O)C(CC)Oc1ccc(F)cc1. The molecule has 2 atom stereocenters. The van der Waals surface area contributed by atoms with Crippen LogP contribution in [-0.2, 0) is 4.79 Å². The minimum Gasteiger partial charge on any atom is -0.481 e. The molecule has 0 bridgehead atoms. The summed E-state index contributed by atoms with van der Waals surface area (Å²) in [5, 5.41) is 2.87. The van der Waals surface area contributed by atoms with Crippen LogP contribution < -0.4 is 10.1 Å². The van der Waals surface area contributed by atoms with E-state index in [0.29, 0.717) is 12.2 Å². The summed E-state index contributed by atoms with van der Waals surface area (Å²) in [6.07, 6.45) is 0.905. The number of nitrogens with one attached hydrogen (secondary N) is 1. The van der Waals surface area contributed by atoms with Gasteiger partial charge in [0.15, 0.2) is 6.10 Å². The number of carbonyl (C=O) groups is 1. The van der Waals surface area contributed by atoms with Crippen molar-refractivity contribution in [1.82, 2.24) is 5.32 Å². The second-order valence-corrected chi connectivity index (χ2v) is 4.29. The number of hydrogen-bond donors (Lipinski definition) is 1. The van der Waals surface area contributed by atoms with Gasteiger partial charge in [-0.3, -0.25) is 4.79 Å². The maximum absolute atomic E-state index is 12.7. The summed E-state index contributed by atoms with van der Waals surface area (Å²) >= 11 is 0. The van der Waals surface area contributed by atoms with Crippen LogP contribution in [0.15, 0.2) is 24.3 Å². The van der Waals surface area contributed by atoms with Crippen LogP contribution in [0, 0.1) is 5.82 Å². The standard InChI is InChI=1S/C14H20FNO2/c1-4-10(3)16-14(17)13(5-2)18-12-8-6-11(15)7-9-12/h6-10,13H,4-5H2,1-3H3,(H,16,17). The number of ether oxygens (including phenoxy) is 1.